The van der Waals surface area contributed by atoms with E-state index in [2.05, 4.69) is 38.0 Å². The van der Waals surface area contributed by atoms with Gasteiger partial charge >= 0.3 is 0 Å². The van der Waals surface area contributed by atoms with Gasteiger partial charge in [0.25, 0.3) is 5.91 Å². The summed E-state index contributed by atoms with van der Waals surface area (Å²) in [5.41, 5.74) is 0.543. The highest BCUT2D eigenvalue weighted by atomic mass is 16.2. The van der Waals surface area contributed by atoms with E-state index in [4.69, 9.17) is 0 Å². The van der Waals surface area contributed by atoms with Crippen molar-refractivity contribution in [3.8, 4) is 0 Å². The lowest BCUT2D eigenvalue weighted by molar-refractivity contribution is 0.0702. The third kappa shape index (κ3) is 4.20. The van der Waals surface area contributed by atoms with E-state index in [1.807, 2.05) is 18.0 Å². The molecule has 1 aliphatic heterocycles. The monoisotopic (exact) mass is 356 g/mol. The van der Waals surface area contributed by atoms with Crippen LogP contribution in [0, 0.1) is 0 Å². The van der Waals surface area contributed by atoms with Gasteiger partial charge in [-0.3, -0.25) is 4.79 Å². The van der Waals surface area contributed by atoms with Crippen molar-refractivity contribution in [3.63, 3.8) is 0 Å². The molecule has 7 heteroatoms. The van der Waals surface area contributed by atoms with Gasteiger partial charge in [0.1, 0.15) is 5.82 Å². The van der Waals surface area contributed by atoms with Crippen LogP contribution in [0.3, 0.4) is 0 Å². The maximum absolute atomic E-state index is 12.8. The summed E-state index contributed by atoms with van der Waals surface area (Å²) in [4.78, 5) is 27.8. The van der Waals surface area contributed by atoms with Crippen molar-refractivity contribution in [2.45, 2.75) is 52.0 Å². The quantitative estimate of drug-likeness (QED) is 0.825. The third-order valence-electron chi connectivity index (χ3n) is 4.81. The Morgan fingerprint density at radius 2 is 2.08 bits per heavy atom. The molecule has 1 atom stereocenters. The van der Waals surface area contributed by atoms with Crippen molar-refractivity contribution in [2.75, 3.05) is 25.0 Å². The third-order valence-corrected chi connectivity index (χ3v) is 4.81. The van der Waals surface area contributed by atoms with E-state index in [1.54, 1.807) is 12.4 Å². The van der Waals surface area contributed by atoms with Crippen LogP contribution in [0.4, 0.5) is 5.95 Å². The Kier molecular flexibility index (Phi) is 6.20. The molecule has 1 unspecified atom stereocenters. The molecule has 140 valence electrons. The molecule has 0 saturated carbocycles. The van der Waals surface area contributed by atoms with Crippen LogP contribution in [0.1, 0.15) is 61.6 Å². The lowest BCUT2D eigenvalue weighted by atomic mass is 9.96. The highest BCUT2D eigenvalue weighted by Crippen LogP contribution is 2.27. The van der Waals surface area contributed by atoms with E-state index >= 15 is 0 Å². The van der Waals surface area contributed by atoms with Crippen molar-refractivity contribution in [1.29, 1.82) is 0 Å². The molecule has 1 amide bonds. The SMILES string of the molecule is CCCCn1ccnc1C1CCCN(C(=O)c2cnc(NCC)nc2)C1. The highest BCUT2D eigenvalue weighted by molar-refractivity contribution is 5.93. The summed E-state index contributed by atoms with van der Waals surface area (Å²) < 4.78 is 2.25. The minimum absolute atomic E-state index is 0.00409. The molecular weight excluding hydrogens is 328 g/mol. The smallest absolute Gasteiger partial charge is 0.257 e. The average molecular weight is 356 g/mol. The number of nitrogens with zero attached hydrogens (tertiary/aromatic N) is 5. The molecule has 0 spiro atoms. The van der Waals surface area contributed by atoms with Gasteiger partial charge in [0, 0.05) is 56.9 Å². The van der Waals surface area contributed by atoms with Crippen molar-refractivity contribution in [3.05, 3.63) is 36.2 Å². The Labute approximate surface area is 154 Å². The Hall–Kier alpha value is -2.44. The fourth-order valence-electron chi connectivity index (χ4n) is 3.44. The van der Waals surface area contributed by atoms with E-state index in [0.29, 0.717) is 24.0 Å². The maximum Gasteiger partial charge on any atom is 0.257 e. The van der Waals surface area contributed by atoms with Gasteiger partial charge in [-0.2, -0.15) is 0 Å². The number of piperidine rings is 1. The molecule has 3 rings (SSSR count). The number of unbranched alkanes of at least 4 members (excludes halogenated alkanes) is 1. The van der Waals surface area contributed by atoms with Gasteiger partial charge in [-0.1, -0.05) is 13.3 Å². The van der Waals surface area contributed by atoms with Crippen LogP contribution in [-0.4, -0.2) is 50.0 Å². The molecule has 7 nitrogen and oxygen atoms in total. The number of hydrogen-bond acceptors (Lipinski definition) is 5. The maximum atomic E-state index is 12.8. The molecule has 1 N–H and O–H groups in total. The Balaban J connectivity index is 1.68. The van der Waals surface area contributed by atoms with Crippen molar-refractivity contribution < 1.29 is 4.79 Å². The van der Waals surface area contributed by atoms with Crippen LogP contribution in [0.15, 0.2) is 24.8 Å². The van der Waals surface area contributed by atoms with E-state index in [1.165, 1.54) is 0 Å². The number of likely N-dealkylation sites (tertiary alicyclic amines) is 1. The minimum Gasteiger partial charge on any atom is -0.355 e. The lowest BCUT2D eigenvalue weighted by Crippen LogP contribution is -2.39. The number of aryl methyl sites for hydroxylation is 1. The number of nitrogens with one attached hydrogen (secondary N) is 1. The van der Waals surface area contributed by atoms with E-state index in [0.717, 1.165) is 51.1 Å². The standard InChI is InChI=1S/C19H28N6O/c1-3-5-9-24-11-8-21-17(24)15-7-6-10-25(14-15)18(26)16-12-22-19(20-4-2)23-13-16/h8,11-13,15H,3-7,9-10,14H2,1-2H3,(H,20,22,23). The Bertz CT molecular complexity index is 711. The second-order valence-electron chi connectivity index (χ2n) is 6.75. The summed E-state index contributed by atoms with van der Waals surface area (Å²) in [6.45, 7) is 7.42. The zero-order chi connectivity index (χ0) is 18.4. The fraction of sp³-hybridized carbons (Fsp3) is 0.579. The van der Waals surface area contributed by atoms with Gasteiger partial charge < -0.3 is 14.8 Å². The largest absolute Gasteiger partial charge is 0.355 e. The molecule has 3 heterocycles. The molecule has 0 bridgehead atoms. The first-order chi connectivity index (χ1) is 12.7. The van der Waals surface area contributed by atoms with Crippen molar-refractivity contribution >= 4 is 11.9 Å². The molecule has 2 aromatic heterocycles. The van der Waals surface area contributed by atoms with Gasteiger partial charge in [0.15, 0.2) is 0 Å². The number of hydrogen-bond donors (Lipinski definition) is 1. The summed E-state index contributed by atoms with van der Waals surface area (Å²) >= 11 is 0. The van der Waals surface area contributed by atoms with Crippen LogP contribution in [0.25, 0.3) is 0 Å². The number of rotatable bonds is 7. The van der Waals surface area contributed by atoms with Crippen LogP contribution < -0.4 is 5.32 Å². The zero-order valence-corrected chi connectivity index (χ0v) is 15.7. The number of anilines is 1. The van der Waals surface area contributed by atoms with Gasteiger partial charge in [-0.05, 0) is 26.2 Å². The Morgan fingerprint density at radius 1 is 1.27 bits per heavy atom. The predicted molar refractivity (Wildman–Crippen MR) is 101 cm³/mol. The molecule has 1 aliphatic rings. The first kappa shape index (κ1) is 18.4. The van der Waals surface area contributed by atoms with Gasteiger partial charge in [0.2, 0.25) is 5.95 Å². The van der Waals surface area contributed by atoms with Crippen molar-refractivity contribution in [2.24, 2.45) is 0 Å². The number of carbonyl (C=O) groups is 1. The van der Waals surface area contributed by atoms with E-state index in [-0.39, 0.29) is 5.91 Å². The summed E-state index contributed by atoms with van der Waals surface area (Å²) in [6.07, 6.45) is 11.5. The Morgan fingerprint density at radius 3 is 2.81 bits per heavy atom. The minimum atomic E-state index is 0.00409. The molecule has 0 aromatic carbocycles. The van der Waals surface area contributed by atoms with Crippen LogP contribution in [-0.2, 0) is 6.54 Å². The second-order valence-corrected chi connectivity index (χ2v) is 6.75. The zero-order valence-electron chi connectivity index (χ0n) is 15.7. The molecule has 0 aliphatic carbocycles. The number of carbonyl (C=O) groups excluding carboxylic acids is 1. The predicted octanol–water partition coefficient (Wildman–Crippen LogP) is 2.92. The van der Waals surface area contributed by atoms with Crippen LogP contribution >= 0.6 is 0 Å². The second kappa shape index (κ2) is 8.78. The van der Waals surface area contributed by atoms with Crippen LogP contribution in [0.2, 0.25) is 0 Å². The van der Waals surface area contributed by atoms with E-state index < -0.39 is 0 Å². The molecule has 1 saturated heterocycles. The number of imidazole rings is 1. The summed E-state index contributed by atoms with van der Waals surface area (Å²) in [6, 6.07) is 0. The molecule has 26 heavy (non-hydrogen) atoms. The number of aromatic nitrogens is 4. The van der Waals surface area contributed by atoms with E-state index in [9.17, 15) is 4.79 Å². The topological polar surface area (TPSA) is 75.9 Å². The molecule has 1 fully saturated rings. The molecule has 0 radical (unpaired) electrons. The first-order valence-corrected chi connectivity index (χ1v) is 9.59. The van der Waals surface area contributed by atoms with Crippen molar-refractivity contribution in [1.82, 2.24) is 24.4 Å². The number of amides is 1. The van der Waals surface area contributed by atoms with Gasteiger partial charge in [-0.25, -0.2) is 15.0 Å². The summed E-state index contributed by atoms with van der Waals surface area (Å²) in [5, 5.41) is 3.04. The molecule has 2 aromatic rings. The lowest BCUT2D eigenvalue weighted by Gasteiger charge is -2.32. The van der Waals surface area contributed by atoms with Gasteiger partial charge in [-0.15, -0.1) is 0 Å². The summed E-state index contributed by atoms with van der Waals surface area (Å²) in [7, 11) is 0. The normalized spacial score (nSPS) is 17.3. The average Bonchev–Trinajstić information content (AvgIpc) is 3.15. The fourth-order valence-corrected chi connectivity index (χ4v) is 3.44. The highest BCUT2D eigenvalue weighted by Gasteiger charge is 2.28. The van der Waals surface area contributed by atoms with Crippen LogP contribution in [0.5, 0.6) is 0 Å². The summed E-state index contributed by atoms with van der Waals surface area (Å²) in [5.74, 6) is 1.96. The first-order valence-electron chi connectivity index (χ1n) is 9.59. The van der Waals surface area contributed by atoms with Gasteiger partial charge in [0.05, 0.1) is 5.56 Å². The molecular formula is C19H28N6O.